The van der Waals surface area contributed by atoms with Crippen molar-refractivity contribution in [1.82, 2.24) is 9.55 Å². The molecule has 2 nitrogen and oxygen atoms in total. The Morgan fingerprint density at radius 1 is 0.933 bits per heavy atom. The smallest absolute Gasteiger partial charge is 0.0715 e. The summed E-state index contributed by atoms with van der Waals surface area (Å²) in [4.78, 5) is 4.98. The molecule has 4 aromatic rings. The molecule has 1 unspecified atom stereocenters. The van der Waals surface area contributed by atoms with Gasteiger partial charge in [-0.3, -0.25) is 4.98 Å². The van der Waals surface area contributed by atoms with Crippen molar-refractivity contribution in [2.75, 3.05) is 0 Å². The summed E-state index contributed by atoms with van der Waals surface area (Å²) in [6.45, 7) is 4.47. The standard InChI is InChI=1S/C28H30N2/c1-3-20-12-9-13-21(4-2)28(20)25-18-23-16-17-30(27(23)19-29-25)26-15-8-6-11-22-10-5-7-14-24(22)26/h5,7,9-10,12-14,16-19,26H,3-4,6,8,11,15H2,1-2H3. The van der Waals surface area contributed by atoms with Crippen LogP contribution in [0.2, 0.25) is 0 Å². The van der Waals surface area contributed by atoms with Gasteiger partial charge in [0.2, 0.25) is 0 Å². The predicted molar refractivity (Wildman–Crippen MR) is 126 cm³/mol. The lowest BCUT2D eigenvalue weighted by molar-refractivity contribution is 0.539. The number of hydrogen-bond donors (Lipinski definition) is 0. The zero-order chi connectivity index (χ0) is 20.5. The van der Waals surface area contributed by atoms with Crippen LogP contribution >= 0.6 is 0 Å². The molecule has 2 heteroatoms. The van der Waals surface area contributed by atoms with Gasteiger partial charge < -0.3 is 4.57 Å². The molecule has 2 aromatic carbocycles. The van der Waals surface area contributed by atoms with E-state index in [9.17, 15) is 0 Å². The normalized spacial score (nSPS) is 16.4. The second-order valence-electron chi connectivity index (χ2n) is 8.47. The quantitative estimate of drug-likeness (QED) is 0.336. The molecule has 1 aliphatic carbocycles. The summed E-state index contributed by atoms with van der Waals surface area (Å²) in [6, 6.07) is 20.6. The van der Waals surface area contributed by atoms with Crippen molar-refractivity contribution in [2.24, 2.45) is 0 Å². The maximum atomic E-state index is 4.98. The van der Waals surface area contributed by atoms with Crippen molar-refractivity contribution in [3.63, 3.8) is 0 Å². The van der Waals surface area contributed by atoms with E-state index in [-0.39, 0.29) is 0 Å². The summed E-state index contributed by atoms with van der Waals surface area (Å²) in [5, 5.41) is 1.29. The highest BCUT2D eigenvalue weighted by Crippen LogP contribution is 2.36. The van der Waals surface area contributed by atoms with Gasteiger partial charge in [-0.2, -0.15) is 0 Å². The van der Waals surface area contributed by atoms with Crippen LogP contribution in [0, 0.1) is 0 Å². The van der Waals surface area contributed by atoms with Crippen molar-refractivity contribution in [1.29, 1.82) is 0 Å². The Hall–Kier alpha value is -2.87. The minimum Gasteiger partial charge on any atom is -0.339 e. The van der Waals surface area contributed by atoms with Gasteiger partial charge in [0.15, 0.2) is 0 Å². The molecule has 0 saturated carbocycles. The van der Waals surface area contributed by atoms with Crippen LogP contribution in [0.15, 0.2) is 67.0 Å². The second kappa shape index (κ2) is 8.10. The first-order chi connectivity index (χ1) is 14.8. The molecule has 0 N–H and O–H groups in total. The minimum absolute atomic E-state index is 0.406. The largest absolute Gasteiger partial charge is 0.339 e. The van der Waals surface area contributed by atoms with Crippen molar-refractivity contribution in [2.45, 2.75) is 58.4 Å². The minimum atomic E-state index is 0.406. The highest BCUT2D eigenvalue weighted by atomic mass is 15.0. The number of nitrogens with zero attached hydrogens (tertiary/aromatic N) is 2. The summed E-state index contributed by atoms with van der Waals surface area (Å²) in [5.41, 5.74) is 9.45. The van der Waals surface area contributed by atoms with Gasteiger partial charge >= 0.3 is 0 Å². The molecule has 2 aromatic heterocycles. The Labute approximate surface area is 179 Å². The van der Waals surface area contributed by atoms with E-state index in [1.807, 2.05) is 0 Å². The number of benzene rings is 2. The molecule has 0 spiro atoms. The fraction of sp³-hybridized carbons (Fsp3) is 0.321. The third-order valence-electron chi connectivity index (χ3n) is 6.79. The third-order valence-corrected chi connectivity index (χ3v) is 6.79. The molecule has 0 aliphatic heterocycles. The molecule has 30 heavy (non-hydrogen) atoms. The Balaban J connectivity index is 1.61. The molecule has 1 atom stereocenters. The summed E-state index contributed by atoms with van der Waals surface area (Å²) < 4.78 is 2.46. The molecule has 0 saturated heterocycles. The molecule has 152 valence electrons. The Kier molecular flexibility index (Phi) is 5.16. The SMILES string of the molecule is CCc1cccc(CC)c1-c1cc2ccn(C3CCCCc4ccccc43)c2cn1. The van der Waals surface area contributed by atoms with Crippen LogP contribution < -0.4 is 0 Å². The Morgan fingerprint density at radius 3 is 2.53 bits per heavy atom. The van der Waals surface area contributed by atoms with Crippen molar-refractivity contribution < 1.29 is 0 Å². The van der Waals surface area contributed by atoms with Crippen LogP contribution in [0.25, 0.3) is 22.2 Å². The van der Waals surface area contributed by atoms with E-state index in [1.165, 1.54) is 64.4 Å². The van der Waals surface area contributed by atoms with E-state index < -0.39 is 0 Å². The van der Waals surface area contributed by atoms with Gasteiger partial charge in [0.05, 0.1) is 23.4 Å². The van der Waals surface area contributed by atoms with E-state index in [0.29, 0.717) is 6.04 Å². The second-order valence-corrected chi connectivity index (χ2v) is 8.47. The van der Waals surface area contributed by atoms with Crippen LogP contribution in [-0.2, 0) is 19.3 Å². The fourth-order valence-electron chi connectivity index (χ4n) is 5.22. The molecule has 5 rings (SSSR count). The first-order valence-electron chi connectivity index (χ1n) is 11.5. The van der Waals surface area contributed by atoms with Gasteiger partial charge in [-0.15, -0.1) is 0 Å². The maximum Gasteiger partial charge on any atom is 0.0715 e. The Bertz CT molecular complexity index is 1160. The number of hydrogen-bond acceptors (Lipinski definition) is 1. The highest BCUT2D eigenvalue weighted by molar-refractivity contribution is 5.85. The molecular formula is C28H30N2. The first kappa shape index (κ1) is 19.1. The monoisotopic (exact) mass is 394 g/mol. The summed E-state index contributed by atoms with van der Waals surface area (Å²) >= 11 is 0. The molecule has 0 bridgehead atoms. The maximum absolute atomic E-state index is 4.98. The number of pyridine rings is 1. The molecule has 0 radical (unpaired) electrons. The Morgan fingerprint density at radius 2 is 1.73 bits per heavy atom. The third kappa shape index (κ3) is 3.25. The van der Waals surface area contributed by atoms with E-state index in [0.717, 1.165) is 18.5 Å². The van der Waals surface area contributed by atoms with Gasteiger partial charge in [-0.1, -0.05) is 62.7 Å². The first-order valence-corrected chi connectivity index (χ1v) is 11.5. The van der Waals surface area contributed by atoms with E-state index in [2.05, 4.69) is 85.4 Å². The average Bonchev–Trinajstić information content (AvgIpc) is 3.10. The number of aryl methyl sites for hydroxylation is 3. The molecular weight excluding hydrogens is 364 g/mol. The zero-order valence-electron chi connectivity index (χ0n) is 18.1. The van der Waals surface area contributed by atoms with E-state index in [1.54, 1.807) is 0 Å². The van der Waals surface area contributed by atoms with E-state index >= 15 is 0 Å². The van der Waals surface area contributed by atoms with Crippen LogP contribution in [0.5, 0.6) is 0 Å². The summed E-state index contributed by atoms with van der Waals surface area (Å²) in [6.07, 6.45) is 11.4. The van der Waals surface area contributed by atoms with E-state index in [4.69, 9.17) is 4.98 Å². The van der Waals surface area contributed by atoms with Crippen molar-refractivity contribution in [3.8, 4) is 11.3 Å². The van der Waals surface area contributed by atoms with Crippen LogP contribution in [-0.4, -0.2) is 9.55 Å². The lowest BCUT2D eigenvalue weighted by atomic mass is 9.94. The van der Waals surface area contributed by atoms with Gasteiger partial charge in [-0.05, 0) is 66.5 Å². The zero-order valence-corrected chi connectivity index (χ0v) is 18.1. The lowest BCUT2D eigenvalue weighted by Crippen LogP contribution is -2.10. The molecule has 1 aliphatic rings. The van der Waals surface area contributed by atoms with Crippen LogP contribution in [0.3, 0.4) is 0 Å². The topological polar surface area (TPSA) is 17.8 Å². The van der Waals surface area contributed by atoms with Crippen molar-refractivity contribution >= 4 is 10.9 Å². The van der Waals surface area contributed by atoms with Crippen LogP contribution in [0.1, 0.15) is 61.4 Å². The number of fused-ring (bicyclic) bond motifs is 2. The summed E-state index contributed by atoms with van der Waals surface area (Å²) in [7, 11) is 0. The van der Waals surface area contributed by atoms with Crippen molar-refractivity contribution in [3.05, 3.63) is 89.2 Å². The average molecular weight is 395 g/mol. The predicted octanol–water partition coefficient (Wildman–Crippen LogP) is 7.14. The molecule has 0 amide bonds. The van der Waals surface area contributed by atoms with Gasteiger partial charge in [0, 0.05) is 17.1 Å². The molecule has 0 fully saturated rings. The lowest BCUT2D eigenvalue weighted by Gasteiger charge is -2.21. The van der Waals surface area contributed by atoms with Gasteiger partial charge in [0.1, 0.15) is 0 Å². The fourth-order valence-corrected chi connectivity index (χ4v) is 5.22. The van der Waals surface area contributed by atoms with Gasteiger partial charge in [0.25, 0.3) is 0 Å². The highest BCUT2D eigenvalue weighted by Gasteiger charge is 2.21. The van der Waals surface area contributed by atoms with Crippen LogP contribution in [0.4, 0.5) is 0 Å². The van der Waals surface area contributed by atoms with Gasteiger partial charge in [-0.25, -0.2) is 0 Å². The number of aromatic nitrogens is 2. The summed E-state index contributed by atoms with van der Waals surface area (Å²) in [5.74, 6) is 0. The number of rotatable bonds is 4. The molecule has 2 heterocycles.